The van der Waals surface area contributed by atoms with Crippen LogP contribution in [0.5, 0.6) is 0 Å². The van der Waals surface area contributed by atoms with Crippen LogP contribution < -0.4 is 0 Å². The van der Waals surface area contributed by atoms with E-state index in [0.717, 1.165) is 59.8 Å². The van der Waals surface area contributed by atoms with Crippen molar-refractivity contribution in [2.45, 2.75) is 65.2 Å². The fourth-order valence-electron chi connectivity index (χ4n) is 5.56. The van der Waals surface area contributed by atoms with Crippen molar-refractivity contribution >= 4 is 28.1 Å². The lowest BCUT2D eigenvalue weighted by atomic mass is 9.77. The summed E-state index contributed by atoms with van der Waals surface area (Å²) in [6.45, 7) is 8.31. The van der Waals surface area contributed by atoms with Crippen LogP contribution in [0, 0.1) is 25.6 Å². The number of aromatic amines is 1. The molecular weight excluding hydrogens is 401 g/mol. The van der Waals surface area contributed by atoms with Gasteiger partial charge in [-0.05, 0) is 92.8 Å². The van der Waals surface area contributed by atoms with E-state index in [1.807, 2.05) is 26.0 Å². The number of carbonyl (C=O) groups is 1. The van der Waals surface area contributed by atoms with E-state index in [0.29, 0.717) is 17.4 Å². The van der Waals surface area contributed by atoms with Crippen LogP contribution in [-0.4, -0.2) is 21.1 Å². The van der Waals surface area contributed by atoms with Crippen LogP contribution in [0.4, 0.5) is 4.39 Å². The molecule has 2 heterocycles. The molecule has 0 radical (unpaired) electrons. The fourth-order valence-corrected chi connectivity index (χ4v) is 5.56. The molecule has 1 N–H and O–H groups in total. The second-order valence-corrected chi connectivity index (χ2v) is 9.69. The highest BCUT2D eigenvalue weighted by molar-refractivity contribution is 6.00. The lowest BCUT2D eigenvalue weighted by molar-refractivity contribution is -0.111. The Morgan fingerprint density at radius 1 is 1.09 bits per heavy atom. The highest BCUT2D eigenvalue weighted by Gasteiger charge is 2.30. The Bertz CT molecular complexity index is 1320. The van der Waals surface area contributed by atoms with Crippen molar-refractivity contribution in [3.63, 3.8) is 0 Å². The van der Waals surface area contributed by atoms with E-state index in [1.54, 1.807) is 6.07 Å². The fraction of sp³-hybridized carbons (Fsp3) is 0.407. The molecule has 2 aromatic carbocycles. The summed E-state index contributed by atoms with van der Waals surface area (Å²) in [5.41, 5.74) is 7.47. The van der Waals surface area contributed by atoms with E-state index < -0.39 is 0 Å². The molecule has 0 unspecified atom stereocenters. The number of hydrogen-bond acceptors (Lipinski definition) is 2. The molecule has 1 aliphatic carbocycles. The zero-order chi connectivity index (χ0) is 22.6. The van der Waals surface area contributed by atoms with E-state index in [9.17, 15) is 9.18 Å². The van der Waals surface area contributed by atoms with Crippen molar-refractivity contribution in [1.29, 1.82) is 0 Å². The second kappa shape index (κ2) is 7.88. The predicted molar refractivity (Wildman–Crippen MR) is 127 cm³/mol. The first-order chi connectivity index (χ1) is 15.4. The van der Waals surface area contributed by atoms with E-state index in [1.165, 1.54) is 16.6 Å². The molecule has 2 aromatic heterocycles. The minimum atomic E-state index is -0.184. The van der Waals surface area contributed by atoms with E-state index in [2.05, 4.69) is 40.7 Å². The van der Waals surface area contributed by atoms with Gasteiger partial charge in [-0.25, -0.2) is 4.39 Å². The van der Waals surface area contributed by atoms with Gasteiger partial charge in [-0.15, -0.1) is 0 Å². The van der Waals surface area contributed by atoms with Crippen LogP contribution in [0.2, 0.25) is 0 Å². The molecule has 1 saturated carbocycles. The Kier molecular flexibility index (Phi) is 5.15. The maximum atomic E-state index is 14.1. The monoisotopic (exact) mass is 431 g/mol. The van der Waals surface area contributed by atoms with Crippen LogP contribution >= 0.6 is 0 Å². The van der Waals surface area contributed by atoms with Gasteiger partial charge in [-0.3, -0.25) is 5.10 Å². The molecule has 0 saturated heterocycles. The average Bonchev–Trinajstić information content (AvgIpc) is 3.32. The van der Waals surface area contributed by atoms with Crippen molar-refractivity contribution in [3.05, 3.63) is 58.7 Å². The quantitative estimate of drug-likeness (QED) is 0.359. The van der Waals surface area contributed by atoms with Crippen LogP contribution in [-0.2, 0) is 4.79 Å². The minimum absolute atomic E-state index is 0.184. The highest BCUT2D eigenvalue weighted by Crippen LogP contribution is 2.45. The summed E-state index contributed by atoms with van der Waals surface area (Å²) in [5, 5.41) is 9.96. The van der Waals surface area contributed by atoms with Gasteiger partial charge in [0, 0.05) is 28.1 Å². The van der Waals surface area contributed by atoms with Gasteiger partial charge in [0.25, 0.3) is 0 Å². The Balaban J connectivity index is 1.83. The van der Waals surface area contributed by atoms with Crippen LogP contribution in [0.15, 0.2) is 30.3 Å². The first-order valence-electron chi connectivity index (χ1n) is 11.6. The number of carbonyl (C=O) groups excluding carboxylic acids is 1. The molecule has 4 nitrogen and oxygen atoms in total. The maximum Gasteiger partial charge on any atom is 0.126 e. The summed E-state index contributed by atoms with van der Waals surface area (Å²) < 4.78 is 16.5. The number of aromatic nitrogens is 3. The number of hydrogen-bond donors (Lipinski definition) is 1. The molecule has 0 spiro atoms. The number of benzene rings is 2. The van der Waals surface area contributed by atoms with Crippen molar-refractivity contribution in [3.8, 4) is 5.69 Å². The van der Waals surface area contributed by atoms with Gasteiger partial charge < -0.3 is 9.36 Å². The van der Waals surface area contributed by atoms with Crippen molar-refractivity contribution < 1.29 is 9.18 Å². The molecule has 32 heavy (non-hydrogen) atoms. The number of nitrogens with zero attached hydrogens (tertiary/aromatic N) is 2. The molecule has 0 atom stereocenters. The molecule has 4 aromatic rings. The summed E-state index contributed by atoms with van der Waals surface area (Å²) in [4.78, 5) is 11.3. The smallest absolute Gasteiger partial charge is 0.126 e. The first-order valence-corrected chi connectivity index (χ1v) is 11.6. The molecule has 0 bridgehead atoms. The largest absolute Gasteiger partial charge is 0.313 e. The van der Waals surface area contributed by atoms with E-state index >= 15 is 0 Å². The molecular formula is C27H30FN3O. The molecule has 0 aliphatic heterocycles. The third-order valence-corrected chi connectivity index (χ3v) is 7.24. The lowest BCUT2D eigenvalue weighted by Crippen LogP contribution is -2.16. The average molecular weight is 432 g/mol. The molecule has 5 heteroatoms. The maximum absolute atomic E-state index is 14.1. The van der Waals surface area contributed by atoms with Gasteiger partial charge >= 0.3 is 0 Å². The van der Waals surface area contributed by atoms with E-state index in [4.69, 9.17) is 0 Å². The number of rotatable bonds is 4. The number of nitrogens with one attached hydrogen (secondary N) is 1. The Labute approximate surface area is 187 Å². The molecule has 5 rings (SSSR count). The molecule has 1 fully saturated rings. The zero-order valence-electron chi connectivity index (χ0n) is 19.2. The first kappa shape index (κ1) is 20.9. The molecule has 1 aliphatic rings. The lowest BCUT2D eigenvalue weighted by Gasteiger charge is -2.27. The van der Waals surface area contributed by atoms with Gasteiger partial charge in [0.1, 0.15) is 12.1 Å². The van der Waals surface area contributed by atoms with Gasteiger partial charge in [-0.1, -0.05) is 13.8 Å². The van der Waals surface area contributed by atoms with Crippen molar-refractivity contribution in [2.75, 3.05) is 0 Å². The number of aryl methyl sites for hydroxylation is 2. The summed E-state index contributed by atoms with van der Waals surface area (Å²) in [5.74, 6) is 0.708. The number of fused-ring (bicyclic) bond motifs is 2. The summed E-state index contributed by atoms with van der Waals surface area (Å²) >= 11 is 0. The summed E-state index contributed by atoms with van der Waals surface area (Å²) in [6.07, 6.45) is 5.05. The zero-order valence-corrected chi connectivity index (χ0v) is 19.2. The highest BCUT2D eigenvalue weighted by atomic mass is 19.1. The van der Waals surface area contributed by atoms with Crippen molar-refractivity contribution in [1.82, 2.24) is 14.8 Å². The summed E-state index contributed by atoms with van der Waals surface area (Å²) in [7, 11) is 0. The normalized spacial score (nSPS) is 19.3. The van der Waals surface area contributed by atoms with Crippen molar-refractivity contribution in [2.24, 2.45) is 5.92 Å². The SMILES string of the molecule is Cc1cc(-n2c(C(C)C)c(C3CCC(C=O)CC3)c3cc4[nH]nc(C)c4cc32)ccc1F. The molecule has 166 valence electrons. The predicted octanol–water partition coefficient (Wildman–Crippen LogP) is 6.86. The Morgan fingerprint density at radius 2 is 1.84 bits per heavy atom. The van der Waals surface area contributed by atoms with Gasteiger partial charge in [0.2, 0.25) is 0 Å². The topological polar surface area (TPSA) is 50.7 Å². The van der Waals surface area contributed by atoms with Gasteiger partial charge in [-0.2, -0.15) is 5.10 Å². The minimum Gasteiger partial charge on any atom is -0.313 e. The van der Waals surface area contributed by atoms with Crippen LogP contribution in [0.25, 0.3) is 27.5 Å². The standard InChI is InChI=1S/C27H30FN3O/c1-15(2)27-26(19-7-5-18(14-32)6-8-19)22-12-24-21(17(4)29-30-24)13-25(22)31(27)20-9-10-23(28)16(3)11-20/h9-15,18-19H,5-8H2,1-4H3,(H,29,30). The third kappa shape index (κ3) is 3.26. The van der Waals surface area contributed by atoms with Crippen LogP contribution in [0.3, 0.4) is 0 Å². The third-order valence-electron chi connectivity index (χ3n) is 7.24. The van der Waals surface area contributed by atoms with Crippen LogP contribution in [0.1, 0.15) is 73.9 Å². The number of aldehydes is 1. The molecule has 0 amide bonds. The second-order valence-electron chi connectivity index (χ2n) is 9.69. The Morgan fingerprint density at radius 3 is 2.50 bits per heavy atom. The van der Waals surface area contributed by atoms with Gasteiger partial charge in [0.15, 0.2) is 0 Å². The Hall–Kier alpha value is -2.95. The van der Waals surface area contributed by atoms with E-state index in [-0.39, 0.29) is 11.7 Å². The van der Waals surface area contributed by atoms with Gasteiger partial charge in [0.05, 0.1) is 16.7 Å². The summed E-state index contributed by atoms with van der Waals surface area (Å²) in [6, 6.07) is 9.86. The number of H-pyrrole nitrogens is 1. The number of halogens is 1.